The highest BCUT2D eigenvalue weighted by Crippen LogP contribution is 2.26. The van der Waals surface area contributed by atoms with Crippen molar-refractivity contribution in [2.45, 2.75) is 0 Å². The van der Waals surface area contributed by atoms with E-state index in [0.29, 0.717) is 24.9 Å². The molecule has 0 aliphatic carbocycles. The lowest BCUT2D eigenvalue weighted by molar-refractivity contribution is 0.103. The number of nitrogens with two attached hydrogens (primary N) is 1. The lowest BCUT2D eigenvalue weighted by Crippen LogP contribution is -2.14. The molecule has 0 unspecified atom stereocenters. The second kappa shape index (κ2) is 6.25. The van der Waals surface area contributed by atoms with E-state index in [1.165, 1.54) is 11.3 Å². The summed E-state index contributed by atoms with van der Waals surface area (Å²) in [5, 5.41) is 14.3. The molecule has 0 aliphatic rings. The van der Waals surface area contributed by atoms with Gasteiger partial charge in [0.2, 0.25) is 0 Å². The molecule has 0 aliphatic heterocycles. The summed E-state index contributed by atoms with van der Waals surface area (Å²) in [4.78, 5) is 12.5. The zero-order valence-electron chi connectivity index (χ0n) is 9.93. The van der Waals surface area contributed by atoms with Gasteiger partial charge in [0, 0.05) is 10.0 Å². The maximum atomic E-state index is 12.0. The fourth-order valence-electron chi connectivity index (χ4n) is 1.45. The normalized spacial score (nSPS) is 11.4. The predicted octanol–water partition coefficient (Wildman–Crippen LogP) is 3.51. The molecule has 4 N–H and O–H groups in total. The predicted molar refractivity (Wildman–Crippen MR) is 83.9 cm³/mol. The van der Waals surface area contributed by atoms with Crippen LogP contribution in [0.15, 0.2) is 40.0 Å². The fourth-order valence-corrected chi connectivity index (χ4v) is 2.87. The quantitative estimate of drug-likeness (QED) is 0.332. The van der Waals surface area contributed by atoms with Crippen LogP contribution < -0.4 is 11.1 Å². The van der Waals surface area contributed by atoms with Crippen LogP contribution in [-0.2, 0) is 0 Å². The first-order valence-corrected chi connectivity index (χ1v) is 7.34. The topological polar surface area (TPSA) is 87.7 Å². The van der Waals surface area contributed by atoms with E-state index in [2.05, 4.69) is 26.4 Å². The van der Waals surface area contributed by atoms with Crippen molar-refractivity contribution >= 4 is 56.3 Å². The van der Waals surface area contributed by atoms with Crippen molar-refractivity contribution in [2.24, 2.45) is 10.9 Å². The largest absolute Gasteiger partial charge is 0.409 e. The standard InChI is InChI=1S/C12H9BrClN3O2S/c13-7-5-6(11(15)17-19)1-2-8(7)16-12(18)9-3-4-10(14)20-9/h1-5,19H,(H2,15,17)(H,16,18). The number of nitrogens with zero attached hydrogens (tertiary/aromatic N) is 1. The second-order valence-electron chi connectivity index (χ2n) is 3.74. The van der Waals surface area contributed by atoms with Gasteiger partial charge in [-0.2, -0.15) is 0 Å². The molecule has 0 radical (unpaired) electrons. The van der Waals surface area contributed by atoms with Gasteiger partial charge in [-0.05, 0) is 46.3 Å². The minimum Gasteiger partial charge on any atom is -0.409 e. The molecule has 2 rings (SSSR count). The first kappa shape index (κ1) is 14.8. The fraction of sp³-hybridized carbons (Fsp3) is 0. The Morgan fingerprint density at radius 3 is 2.70 bits per heavy atom. The number of halogens is 2. The molecule has 0 saturated heterocycles. The van der Waals surface area contributed by atoms with Crippen LogP contribution in [0.1, 0.15) is 15.2 Å². The number of amidine groups is 1. The van der Waals surface area contributed by atoms with Crippen molar-refractivity contribution in [3.63, 3.8) is 0 Å². The van der Waals surface area contributed by atoms with Crippen LogP contribution in [0.5, 0.6) is 0 Å². The van der Waals surface area contributed by atoms with E-state index < -0.39 is 0 Å². The number of hydrogen-bond acceptors (Lipinski definition) is 4. The van der Waals surface area contributed by atoms with Crippen molar-refractivity contribution in [1.29, 1.82) is 0 Å². The summed E-state index contributed by atoms with van der Waals surface area (Å²) in [6.07, 6.45) is 0. The molecule has 1 aromatic heterocycles. The molecule has 8 heteroatoms. The summed E-state index contributed by atoms with van der Waals surface area (Å²) in [6, 6.07) is 8.26. The highest BCUT2D eigenvalue weighted by atomic mass is 79.9. The van der Waals surface area contributed by atoms with Crippen LogP contribution >= 0.6 is 38.9 Å². The van der Waals surface area contributed by atoms with Crippen LogP contribution in [0.3, 0.4) is 0 Å². The molecule has 0 saturated carbocycles. The Morgan fingerprint density at radius 1 is 1.40 bits per heavy atom. The number of amides is 1. The number of hydrogen-bond donors (Lipinski definition) is 3. The minimum absolute atomic E-state index is 0.00591. The number of oxime groups is 1. The van der Waals surface area contributed by atoms with Gasteiger partial charge in [0.05, 0.1) is 14.9 Å². The Balaban J connectivity index is 2.20. The summed E-state index contributed by atoms with van der Waals surface area (Å²) in [6.45, 7) is 0. The SMILES string of the molecule is N/C(=N/O)c1ccc(NC(=O)c2ccc(Cl)s2)c(Br)c1. The van der Waals surface area contributed by atoms with E-state index in [1.807, 2.05) is 0 Å². The third-order valence-electron chi connectivity index (χ3n) is 2.42. The van der Waals surface area contributed by atoms with E-state index in [-0.39, 0.29) is 11.7 Å². The van der Waals surface area contributed by atoms with Gasteiger partial charge in [-0.25, -0.2) is 0 Å². The van der Waals surface area contributed by atoms with Crippen LogP contribution in [0.25, 0.3) is 0 Å². The van der Waals surface area contributed by atoms with Gasteiger partial charge in [0.15, 0.2) is 5.84 Å². The van der Waals surface area contributed by atoms with Crippen molar-refractivity contribution < 1.29 is 10.0 Å². The van der Waals surface area contributed by atoms with Gasteiger partial charge in [-0.1, -0.05) is 16.8 Å². The lowest BCUT2D eigenvalue weighted by atomic mass is 10.2. The van der Waals surface area contributed by atoms with Crippen LogP contribution in [0, 0.1) is 0 Å². The van der Waals surface area contributed by atoms with Gasteiger partial charge in [-0.3, -0.25) is 4.79 Å². The number of anilines is 1. The van der Waals surface area contributed by atoms with E-state index >= 15 is 0 Å². The van der Waals surface area contributed by atoms with Gasteiger partial charge in [-0.15, -0.1) is 11.3 Å². The summed E-state index contributed by atoms with van der Waals surface area (Å²) >= 11 is 10.3. The van der Waals surface area contributed by atoms with Crippen molar-refractivity contribution in [1.82, 2.24) is 0 Å². The van der Waals surface area contributed by atoms with Gasteiger partial charge in [0.25, 0.3) is 5.91 Å². The average Bonchev–Trinajstić information content (AvgIpc) is 2.86. The van der Waals surface area contributed by atoms with Crippen LogP contribution in [-0.4, -0.2) is 17.0 Å². The molecule has 0 spiro atoms. The Labute approximate surface area is 132 Å². The molecule has 20 heavy (non-hydrogen) atoms. The van der Waals surface area contributed by atoms with Gasteiger partial charge < -0.3 is 16.3 Å². The molecule has 2 aromatic rings. The van der Waals surface area contributed by atoms with Gasteiger partial charge >= 0.3 is 0 Å². The first-order chi connectivity index (χ1) is 9.51. The first-order valence-electron chi connectivity index (χ1n) is 5.35. The summed E-state index contributed by atoms with van der Waals surface area (Å²) in [5.41, 5.74) is 6.60. The zero-order chi connectivity index (χ0) is 14.7. The molecule has 0 bridgehead atoms. The molecule has 1 amide bonds. The number of rotatable bonds is 3. The maximum absolute atomic E-state index is 12.0. The Morgan fingerprint density at radius 2 is 2.15 bits per heavy atom. The highest BCUT2D eigenvalue weighted by Gasteiger charge is 2.11. The van der Waals surface area contributed by atoms with E-state index in [0.717, 1.165) is 0 Å². The Hall–Kier alpha value is -1.57. The molecular formula is C12H9BrClN3O2S. The van der Waals surface area contributed by atoms with Crippen LogP contribution in [0.4, 0.5) is 5.69 Å². The maximum Gasteiger partial charge on any atom is 0.265 e. The molecule has 104 valence electrons. The molecule has 0 fully saturated rings. The smallest absolute Gasteiger partial charge is 0.265 e. The van der Waals surface area contributed by atoms with Gasteiger partial charge in [0.1, 0.15) is 0 Å². The monoisotopic (exact) mass is 373 g/mol. The molecule has 1 heterocycles. The summed E-state index contributed by atoms with van der Waals surface area (Å²) in [7, 11) is 0. The van der Waals surface area contributed by atoms with E-state index in [1.54, 1.807) is 30.3 Å². The third-order valence-corrected chi connectivity index (χ3v) is 4.30. The number of nitrogens with one attached hydrogen (secondary N) is 1. The number of benzene rings is 1. The Bertz CT molecular complexity index is 687. The van der Waals surface area contributed by atoms with E-state index in [4.69, 9.17) is 22.5 Å². The zero-order valence-corrected chi connectivity index (χ0v) is 13.1. The second-order valence-corrected chi connectivity index (χ2v) is 6.31. The molecule has 1 aromatic carbocycles. The molecule has 0 atom stereocenters. The summed E-state index contributed by atoms with van der Waals surface area (Å²) < 4.78 is 1.18. The molecular weight excluding hydrogens is 366 g/mol. The number of thiophene rings is 1. The van der Waals surface area contributed by atoms with Crippen molar-refractivity contribution in [3.8, 4) is 0 Å². The molecule has 5 nitrogen and oxygen atoms in total. The highest BCUT2D eigenvalue weighted by molar-refractivity contribution is 9.10. The summed E-state index contributed by atoms with van der Waals surface area (Å²) in [5.74, 6) is -0.257. The number of carbonyl (C=O) groups excluding carboxylic acids is 1. The van der Waals surface area contributed by atoms with Crippen molar-refractivity contribution in [2.75, 3.05) is 5.32 Å². The average molecular weight is 375 g/mol. The third kappa shape index (κ3) is 3.30. The van der Waals surface area contributed by atoms with Crippen molar-refractivity contribution in [3.05, 3.63) is 49.6 Å². The minimum atomic E-state index is -0.251. The van der Waals surface area contributed by atoms with E-state index in [9.17, 15) is 4.79 Å². The number of carbonyl (C=O) groups is 1. The Kier molecular flexibility index (Phi) is 4.64. The van der Waals surface area contributed by atoms with Crippen LogP contribution in [0.2, 0.25) is 4.34 Å². The lowest BCUT2D eigenvalue weighted by Gasteiger charge is -2.08.